The highest BCUT2D eigenvalue weighted by atomic mass is 16.3. The molecule has 0 aliphatic heterocycles. The van der Waals surface area contributed by atoms with Gasteiger partial charge in [-0.15, -0.1) is 0 Å². The fraction of sp³-hybridized carbons (Fsp3) is 0.308. The van der Waals surface area contributed by atoms with E-state index in [4.69, 9.17) is 5.11 Å². The fourth-order valence-electron chi connectivity index (χ4n) is 1.83. The molecule has 2 rings (SSSR count). The number of hydrogen-bond donors (Lipinski definition) is 1. The van der Waals surface area contributed by atoms with Crippen LogP contribution >= 0.6 is 0 Å². The molecule has 4 heteroatoms. The second-order valence-corrected chi connectivity index (χ2v) is 4.00. The average molecular weight is 231 g/mol. The maximum atomic E-state index is 9.12. The lowest BCUT2D eigenvalue weighted by Crippen LogP contribution is -2.25. The van der Waals surface area contributed by atoms with E-state index in [0.29, 0.717) is 6.54 Å². The number of aliphatic hydroxyl groups excluding tert-OH is 1. The number of aryl methyl sites for hydroxylation is 1. The van der Waals surface area contributed by atoms with Gasteiger partial charge in [0.25, 0.3) is 0 Å². The predicted octanol–water partition coefficient (Wildman–Crippen LogP) is 1.42. The van der Waals surface area contributed by atoms with Crippen molar-refractivity contribution in [1.82, 2.24) is 9.78 Å². The Morgan fingerprint density at radius 3 is 2.65 bits per heavy atom. The van der Waals surface area contributed by atoms with Crippen LogP contribution in [0, 0.1) is 0 Å². The molecule has 0 saturated heterocycles. The Labute approximate surface area is 101 Å². The maximum Gasteiger partial charge on any atom is 0.0606 e. The lowest BCUT2D eigenvalue weighted by Gasteiger charge is -2.23. The van der Waals surface area contributed by atoms with Crippen LogP contribution in [-0.2, 0) is 13.6 Å². The van der Waals surface area contributed by atoms with Crippen molar-refractivity contribution in [2.45, 2.75) is 6.54 Å². The van der Waals surface area contributed by atoms with Crippen molar-refractivity contribution in [2.75, 3.05) is 18.1 Å². The number of hydrogen-bond acceptors (Lipinski definition) is 3. The number of aliphatic hydroxyl groups is 1. The Hall–Kier alpha value is -1.81. The third-order valence-electron chi connectivity index (χ3n) is 2.62. The van der Waals surface area contributed by atoms with E-state index in [1.807, 2.05) is 49.8 Å². The smallest absolute Gasteiger partial charge is 0.0606 e. The van der Waals surface area contributed by atoms with Crippen LogP contribution in [0.5, 0.6) is 0 Å². The fourth-order valence-corrected chi connectivity index (χ4v) is 1.83. The van der Waals surface area contributed by atoms with E-state index in [0.717, 1.165) is 17.8 Å². The van der Waals surface area contributed by atoms with Crippen LogP contribution in [0.1, 0.15) is 5.56 Å². The quantitative estimate of drug-likeness (QED) is 0.846. The minimum Gasteiger partial charge on any atom is -0.395 e. The predicted molar refractivity (Wildman–Crippen MR) is 67.8 cm³/mol. The lowest BCUT2D eigenvalue weighted by molar-refractivity contribution is 0.301. The highest BCUT2D eigenvalue weighted by molar-refractivity contribution is 5.46. The minimum atomic E-state index is 0.148. The van der Waals surface area contributed by atoms with Gasteiger partial charge in [-0.05, 0) is 12.1 Å². The zero-order valence-corrected chi connectivity index (χ0v) is 9.95. The van der Waals surface area contributed by atoms with Crippen molar-refractivity contribution < 1.29 is 5.11 Å². The first kappa shape index (κ1) is 11.7. The molecule has 0 radical (unpaired) electrons. The van der Waals surface area contributed by atoms with E-state index in [-0.39, 0.29) is 6.61 Å². The Morgan fingerprint density at radius 1 is 1.29 bits per heavy atom. The number of aromatic nitrogens is 2. The molecule has 0 spiro atoms. The molecule has 4 nitrogen and oxygen atoms in total. The molecule has 0 bridgehead atoms. The van der Waals surface area contributed by atoms with E-state index < -0.39 is 0 Å². The lowest BCUT2D eigenvalue weighted by atomic mass is 10.2. The maximum absolute atomic E-state index is 9.12. The number of nitrogens with zero attached hydrogens (tertiary/aromatic N) is 3. The molecular formula is C13H17N3O. The van der Waals surface area contributed by atoms with Gasteiger partial charge in [-0.1, -0.05) is 18.2 Å². The molecule has 0 atom stereocenters. The summed E-state index contributed by atoms with van der Waals surface area (Å²) < 4.78 is 1.79. The second kappa shape index (κ2) is 5.50. The van der Waals surface area contributed by atoms with Crippen LogP contribution in [-0.4, -0.2) is 28.0 Å². The molecule has 1 N–H and O–H groups in total. The van der Waals surface area contributed by atoms with Crippen molar-refractivity contribution in [3.8, 4) is 0 Å². The monoisotopic (exact) mass is 231 g/mol. The molecule has 90 valence electrons. The van der Waals surface area contributed by atoms with Gasteiger partial charge in [0, 0.05) is 37.6 Å². The zero-order valence-electron chi connectivity index (χ0n) is 9.95. The van der Waals surface area contributed by atoms with Gasteiger partial charge >= 0.3 is 0 Å². The number of para-hydroxylation sites is 1. The largest absolute Gasteiger partial charge is 0.395 e. The van der Waals surface area contributed by atoms with Gasteiger partial charge in [0.1, 0.15) is 0 Å². The molecule has 0 aliphatic rings. The van der Waals surface area contributed by atoms with Gasteiger partial charge in [-0.3, -0.25) is 4.68 Å². The molecule has 2 aromatic rings. The molecule has 1 aromatic heterocycles. The summed E-state index contributed by atoms with van der Waals surface area (Å²) in [6, 6.07) is 10.1. The summed E-state index contributed by atoms with van der Waals surface area (Å²) >= 11 is 0. The van der Waals surface area contributed by atoms with Gasteiger partial charge < -0.3 is 10.0 Å². The van der Waals surface area contributed by atoms with Crippen LogP contribution in [0.3, 0.4) is 0 Å². The van der Waals surface area contributed by atoms with Gasteiger partial charge in [-0.2, -0.15) is 5.10 Å². The summed E-state index contributed by atoms with van der Waals surface area (Å²) in [7, 11) is 1.91. The molecule has 0 unspecified atom stereocenters. The first-order valence-electron chi connectivity index (χ1n) is 5.68. The van der Waals surface area contributed by atoms with E-state index in [9.17, 15) is 0 Å². The first-order valence-corrected chi connectivity index (χ1v) is 5.68. The highest BCUT2D eigenvalue weighted by Crippen LogP contribution is 2.15. The highest BCUT2D eigenvalue weighted by Gasteiger charge is 2.07. The van der Waals surface area contributed by atoms with E-state index >= 15 is 0 Å². The third kappa shape index (κ3) is 3.07. The Bertz CT molecular complexity index is 453. The van der Waals surface area contributed by atoms with Gasteiger partial charge in [-0.25, -0.2) is 0 Å². The Morgan fingerprint density at radius 2 is 2.06 bits per heavy atom. The van der Waals surface area contributed by atoms with E-state index in [1.165, 1.54) is 0 Å². The second-order valence-electron chi connectivity index (χ2n) is 4.00. The van der Waals surface area contributed by atoms with E-state index in [1.54, 1.807) is 4.68 Å². The third-order valence-corrected chi connectivity index (χ3v) is 2.62. The van der Waals surface area contributed by atoms with Crippen molar-refractivity contribution in [3.05, 3.63) is 48.3 Å². The van der Waals surface area contributed by atoms with Crippen LogP contribution in [0.25, 0.3) is 0 Å². The molecule has 0 fully saturated rings. The number of rotatable bonds is 5. The molecule has 0 saturated carbocycles. The molecule has 0 amide bonds. The summed E-state index contributed by atoms with van der Waals surface area (Å²) in [5.41, 5.74) is 2.26. The standard InChI is InChI=1S/C13H17N3O/c1-15-10-12(9-14-15)11-16(7-8-17)13-5-3-2-4-6-13/h2-6,9-10,17H,7-8,11H2,1H3. The number of anilines is 1. The summed E-state index contributed by atoms with van der Waals surface area (Å²) in [6.07, 6.45) is 3.85. The summed E-state index contributed by atoms with van der Waals surface area (Å²) in [5.74, 6) is 0. The summed E-state index contributed by atoms with van der Waals surface area (Å²) in [5, 5.41) is 13.3. The topological polar surface area (TPSA) is 41.3 Å². The molecular weight excluding hydrogens is 214 g/mol. The van der Waals surface area contributed by atoms with Crippen LogP contribution in [0.15, 0.2) is 42.7 Å². The number of benzene rings is 1. The van der Waals surface area contributed by atoms with Crippen molar-refractivity contribution in [3.63, 3.8) is 0 Å². The Kier molecular flexibility index (Phi) is 3.77. The van der Waals surface area contributed by atoms with E-state index in [2.05, 4.69) is 10.00 Å². The minimum absolute atomic E-state index is 0.148. The van der Waals surface area contributed by atoms with Gasteiger partial charge in [0.15, 0.2) is 0 Å². The zero-order chi connectivity index (χ0) is 12.1. The molecule has 17 heavy (non-hydrogen) atoms. The van der Waals surface area contributed by atoms with Crippen molar-refractivity contribution in [2.24, 2.45) is 7.05 Å². The normalized spacial score (nSPS) is 10.5. The first-order chi connectivity index (χ1) is 8.29. The van der Waals surface area contributed by atoms with Crippen molar-refractivity contribution in [1.29, 1.82) is 0 Å². The van der Waals surface area contributed by atoms with Crippen LogP contribution in [0.2, 0.25) is 0 Å². The summed E-state index contributed by atoms with van der Waals surface area (Å²) in [4.78, 5) is 2.14. The molecule has 0 aliphatic carbocycles. The SMILES string of the molecule is Cn1cc(CN(CCO)c2ccccc2)cn1. The molecule has 1 heterocycles. The summed E-state index contributed by atoms with van der Waals surface area (Å²) in [6.45, 7) is 1.53. The molecule has 1 aromatic carbocycles. The Balaban J connectivity index is 2.13. The van der Waals surface area contributed by atoms with Crippen molar-refractivity contribution >= 4 is 5.69 Å². The average Bonchev–Trinajstić information content (AvgIpc) is 2.75. The van der Waals surface area contributed by atoms with Crippen LogP contribution < -0.4 is 4.90 Å². The van der Waals surface area contributed by atoms with Gasteiger partial charge in [0.2, 0.25) is 0 Å². The van der Waals surface area contributed by atoms with Crippen LogP contribution in [0.4, 0.5) is 5.69 Å². The van der Waals surface area contributed by atoms with Gasteiger partial charge in [0.05, 0.1) is 12.8 Å².